The summed E-state index contributed by atoms with van der Waals surface area (Å²) >= 11 is 8.22. The summed E-state index contributed by atoms with van der Waals surface area (Å²) in [6.07, 6.45) is 0. The first kappa shape index (κ1) is 14.9. The van der Waals surface area contributed by atoms with Crippen LogP contribution >= 0.6 is 34.7 Å². The number of benzene rings is 1. The van der Waals surface area contributed by atoms with Gasteiger partial charge in [-0.2, -0.15) is 0 Å². The number of anilines is 1. The molecule has 3 rings (SSSR count). The monoisotopic (exact) mass is 353 g/mol. The Bertz CT molecular complexity index is 760. The minimum Gasteiger partial charge on any atom is -0.411 e. The number of hydrogen-bond acceptors (Lipinski definition) is 8. The fourth-order valence-corrected chi connectivity index (χ4v) is 2.64. The van der Waals surface area contributed by atoms with Gasteiger partial charge in [-0.25, -0.2) is 0 Å². The average molecular weight is 354 g/mol. The summed E-state index contributed by atoms with van der Waals surface area (Å²) in [5.74, 6) is 0.304. The lowest BCUT2D eigenvalue weighted by Crippen LogP contribution is -2.13. The molecule has 0 fully saturated rings. The maximum absolute atomic E-state index is 11.7. The Morgan fingerprint density at radius 1 is 1.27 bits per heavy atom. The molecule has 22 heavy (non-hydrogen) atoms. The van der Waals surface area contributed by atoms with Crippen molar-refractivity contribution < 1.29 is 9.21 Å². The van der Waals surface area contributed by atoms with Gasteiger partial charge in [-0.05, 0) is 24.3 Å². The third-order valence-corrected chi connectivity index (χ3v) is 4.11. The Hall–Kier alpha value is -1.97. The Kier molecular flexibility index (Phi) is 4.66. The van der Waals surface area contributed by atoms with Crippen molar-refractivity contribution in [1.82, 2.24) is 20.4 Å². The standard InChI is InChI=1S/C12H8ClN5O2S2/c13-8-3-1-7(2-4-8)10-16-18-12(20-10)21-5-9(19)15-11-17-14-6-22-11/h1-4,6H,5H2,(H,15,17,19). The summed E-state index contributed by atoms with van der Waals surface area (Å²) in [5, 5.41) is 19.2. The number of thioether (sulfide) groups is 1. The first-order chi connectivity index (χ1) is 10.7. The van der Waals surface area contributed by atoms with Crippen molar-refractivity contribution in [2.45, 2.75) is 5.22 Å². The molecule has 1 N–H and O–H groups in total. The Morgan fingerprint density at radius 3 is 2.82 bits per heavy atom. The molecule has 2 aromatic heterocycles. The largest absolute Gasteiger partial charge is 0.411 e. The predicted molar refractivity (Wildman–Crippen MR) is 84.0 cm³/mol. The molecule has 0 saturated heterocycles. The zero-order valence-corrected chi connectivity index (χ0v) is 13.3. The van der Waals surface area contributed by atoms with Crippen molar-refractivity contribution in [3.63, 3.8) is 0 Å². The molecule has 0 atom stereocenters. The van der Waals surface area contributed by atoms with Gasteiger partial charge in [-0.15, -0.1) is 20.4 Å². The van der Waals surface area contributed by atoms with Gasteiger partial charge in [0.2, 0.25) is 16.9 Å². The molecule has 2 heterocycles. The lowest BCUT2D eigenvalue weighted by molar-refractivity contribution is -0.113. The minimum absolute atomic E-state index is 0.141. The highest BCUT2D eigenvalue weighted by atomic mass is 35.5. The van der Waals surface area contributed by atoms with Crippen molar-refractivity contribution >= 4 is 45.7 Å². The van der Waals surface area contributed by atoms with E-state index in [-0.39, 0.29) is 11.7 Å². The Balaban J connectivity index is 1.57. The zero-order valence-electron chi connectivity index (χ0n) is 10.9. The fourth-order valence-electron chi connectivity index (χ4n) is 1.49. The van der Waals surface area contributed by atoms with Crippen LogP contribution in [0.25, 0.3) is 11.5 Å². The first-order valence-corrected chi connectivity index (χ1v) is 8.23. The van der Waals surface area contributed by atoms with Crippen molar-refractivity contribution in [1.29, 1.82) is 0 Å². The summed E-state index contributed by atoms with van der Waals surface area (Å²) in [5.41, 5.74) is 2.31. The van der Waals surface area contributed by atoms with Gasteiger partial charge in [-0.3, -0.25) is 10.1 Å². The molecule has 0 radical (unpaired) electrons. The topological polar surface area (TPSA) is 93.8 Å². The normalized spacial score (nSPS) is 10.6. The molecule has 0 unspecified atom stereocenters. The molecule has 112 valence electrons. The number of aromatic nitrogens is 4. The van der Waals surface area contributed by atoms with Crippen molar-refractivity contribution in [2.24, 2.45) is 0 Å². The molecule has 7 nitrogen and oxygen atoms in total. The van der Waals surface area contributed by atoms with E-state index in [0.29, 0.717) is 21.3 Å². The third kappa shape index (κ3) is 3.81. The van der Waals surface area contributed by atoms with Gasteiger partial charge in [0, 0.05) is 10.6 Å². The van der Waals surface area contributed by atoms with Crippen LogP contribution in [0.5, 0.6) is 0 Å². The molecule has 1 amide bonds. The van der Waals surface area contributed by atoms with Gasteiger partial charge in [0.25, 0.3) is 5.22 Å². The van der Waals surface area contributed by atoms with E-state index in [9.17, 15) is 4.79 Å². The minimum atomic E-state index is -0.215. The number of amides is 1. The summed E-state index contributed by atoms with van der Waals surface area (Å²) in [4.78, 5) is 11.7. The predicted octanol–water partition coefficient (Wildman–Crippen LogP) is 2.97. The van der Waals surface area contributed by atoms with E-state index >= 15 is 0 Å². The van der Waals surface area contributed by atoms with E-state index < -0.39 is 0 Å². The summed E-state index contributed by atoms with van der Waals surface area (Å²) in [6, 6.07) is 7.05. The van der Waals surface area contributed by atoms with E-state index in [1.54, 1.807) is 29.8 Å². The average Bonchev–Trinajstić information content (AvgIpc) is 3.17. The van der Waals surface area contributed by atoms with Crippen molar-refractivity contribution in [3.8, 4) is 11.5 Å². The van der Waals surface area contributed by atoms with Crippen LogP contribution in [0, 0.1) is 0 Å². The number of halogens is 1. The van der Waals surface area contributed by atoms with Gasteiger partial charge in [0.15, 0.2) is 0 Å². The Morgan fingerprint density at radius 2 is 2.09 bits per heavy atom. The van der Waals surface area contributed by atoms with Crippen molar-refractivity contribution in [3.05, 3.63) is 34.8 Å². The molecule has 3 aromatic rings. The van der Waals surface area contributed by atoms with Crippen molar-refractivity contribution in [2.75, 3.05) is 11.1 Å². The molecule has 10 heteroatoms. The van der Waals surface area contributed by atoms with Crippen LogP contribution in [0.3, 0.4) is 0 Å². The van der Waals surface area contributed by atoms with Gasteiger partial charge in [0.1, 0.15) is 5.51 Å². The van der Waals surface area contributed by atoms with Crippen LogP contribution in [0.2, 0.25) is 5.02 Å². The zero-order chi connectivity index (χ0) is 15.4. The highest BCUT2D eigenvalue weighted by molar-refractivity contribution is 7.99. The highest BCUT2D eigenvalue weighted by Crippen LogP contribution is 2.24. The van der Waals surface area contributed by atoms with Crippen LogP contribution in [-0.2, 0) is 4.79 Å². The molecular weight excluding hydrogens is 346 g/mol. The molecule has 0 aliphatic carbocycles. The first-order valence-electron chi connectivity index (χ1n) is 5.99. The van der Waals surface area contributed by atoms with Crippen LogP contribution in [-0.4, -0.2) is 32.1 Å². The Labute approximate surface area is 138 Å². The second-order valence-electron chi connectivity index (χ2n) is 3.96. The number of nitrogens with one attached hydrogen (secondary N) is 1. The number of carbonyl (C=O) groups excluding carboxylic acids is 1. The third-order valence-electron chi connectivity index (χ3n) is 2.43. The summed E-state index contributed by atoms with van der Waals surface area (Å²) < 4.78 is 5.49. The van der Waals surface area contributed by atoms with Crippen LogP contribution in [0.15, 0.2) is 39.4 Å². The molecule has 0 aliphatic rings. The van der Waals surface area contributed by atoms with E-state index in [0.717, 1.165) is 17.3 Å². The summed E-state index contributed by atoms with van der Waals surface area (Å²) in [7, 11) is 0. The lowest BCUT2D eigenvalue weighted by atomic mass is 10.2. The smallest absolute Gasteiger partial charge is 0.277 e. The second kappa shape index (κ2) is 6.86. The van der Waals surface area contributed by atoms with E-state index in [1.807, 2.05) is 0 Å². The second-order valence-corrected chi connectivity index (χ2v) is 6.16. The quantitative estimate of drug-likeness (QED) is 0.704. The number of carbonyl (C=O) groups is 1. The maximum atomic E-state index is 11.7. The van der Waals surface area contributed by atoms with Gasteiger partial charge in [0.05, 0.1) is 5.75 Å². The number of nitrogens with zero attached hydrogens (tertiary/aromatic N) is 4. The van der Waals surface area contributed by atoms with Crippen LogP contribution in [0.4, 0.5) is 5.13 Å². The summed E-state index contributed by atoms with van der Waals surface area (Å²) in [6.45, 7) is 0. The molecule has 1 aromatic carbocycles. The number of hydrogen-bond donors (Lipinski definition) is 1. The van der Waals surface area contributed by atoms with Gasteiger partial charge in [-0.1, -0.05) is 34.7 Å². The molecule has 0 saturated carbocycles. The highest BCUT2D eigenvalue weighted by Gasteiger charge is 2.12. The molecular formula is C12H8ClN5O2S2. The van der Waals surface area contributed by atoms with E-state index in [2.05, 4.69) is 25.7 Å². The SMILES string of the molecule is O=C(CSc1nnc(-c2ccc(Cl)cc2)o1)Nc1nncs1. The maximum Gasteiger partial charge on any atom is 0.277 e. The lowest BCUT2D eigenvalue weighted by Gasteiger charge is -1.98. The van der Waals surface area contributed by atoms with E-state index in [1.165, 1.54) is 11.3 Å². The molecule has 0 bridgehead atoms. The van der Waals surface area contributed by atoms with Gasteiger partial charge < -0.3 is 4.42 Å². The fraction of sp³-hybridized carbons (Fsp3) is 0.0833. The van der Waals surface area contributed by atoms with E-state index in [4.69, 9.17) is 16.0 Å². The van der Waals surface area contributed by atoms with Gasteiger partial charge >= 0.3 is 0 Å². The molecule has 0 spiro atoms. The molecule has 0 aliphatic heterocycles. The van der Waals surface area contributed by atoms with Crippen LogP contribution < -0.4 is 5.32 Å². The number of rotatable bonds is 5. The van der Waals surface area contributed by atoms with Crippen LogP contribution in [0.1, 0.15) is 0 Å².